The summed E-state index contributed by atoms with van der Waals surface area (Å²) in [6.45, 7) is 2.39. The van der Waals surface area contributed by atoms with E-state index in [-0.39, 0.29) is 12.0 Å². The number of carbonyl (C=O) groups excluding carboxylic acids is 1. The number of ether oxygens (including phenoxy) is 1. The minimum Gasteiger partial charge on any atom is -0.368 e. The molecule has 6 heteroatoms. The van der Waals surface area contributed by atoms with Crippen molar-refractivity contribution in [3.05, 3.63) is 11.3 Å². The van der Waals surface area contributed by atoms with Gasteiger partial charge in [0, 0.05) is 37.4 Å². The molecule has 0 spiro atoms. The van der Waals surface area contributed by atoms with Crippen molar-refractivity contribution >= 4 is 11.7 Å². The minimum atomic E-state index is -0.307. The summed E-state index contributed by atoms with van der Waals surface area (Å²) in [5.74, 6) is 0.565. The molecule has 2 aliphatic rings. The highest BCUT2D eigenvalue weighted by atomic mass is 16.5. The Kier molecular flexibility index (Phi) is 2.82. The Hall–Kier alpha value is -1.40. The molecule has 1 fully saturated rings. The van der Waals surface area contributed by atoms with Crippen LogP contribution in [0.2, 0.25) is 0 Å². The summed E-state index contributed by atoms with van der Waals surface area (Å²) >= 11 is 0. The van der Waals surface area contributed by atoms with Gasteiger partial charge in [0.2, 0.25) is 0 Å². The lowest BCUT2D eigenvalue weighted by atomic mass is 10.1. The summed E-state index contributed by atoms with van der Waals surface area (Å²) in [4.78, 5) is 11.9. The highest BCUT2D eigenvalue weighted by Gasteiger charge is 2.26. The van der Waals surface area contributed by atoms with Gasteiger partial charge in [0.1, 0.15) is 6.10 Å². The van der Waals surface area contributed by atoms with Crippen LogP contribution in [-0.4, -0.2) is 35.4 Å². The lowest BCUT2D eigenvalue weighted by Gasteiger charge is -2.14. The van der Waals surface area contributed by atoms with Crippen molar-refractivity contribution in [1.82, 2.24) is 15.5 Å². The Morgan fingerprint density at radius 3 is 3.29 bits per heavy atom. The highest BCUT2D eigenvalue weighted by molar-refractivity contribution is 5.94. The molecule has 1 saturated heterocycles. The molecule has 2 aliphatic heterocycles. The fourth-order valence-corrected chi connectivity index (χ4v) is 2.31. The molecule has 17 heavy (non-hydrogen) atoms. The van der Waals surface area contributed by atoms with Gasteiger partial charge in [0.25, 0.3) is 5.91 Å². The second-order valence-electron chi connectivity index (χ2n) is 4.45. The number of carbonyl (C=O) groups is 1. The molecule has 0 radical (unpaired) electrons. The van der Waals surface area contributed by atoms with E-state index in [1.54, 1.807) is 0 Å². The molecule has 3 N–H and O–H groups in total. The molecule has 0 bridgehead atoms. The van der Waals surface area contributed by atoms with Gasteiger partial charge in [0.05, 0.1) is 0 Å². The van der Waals surface area contributed by atoms with Gasteiger partial charge in [0.15, 0.2) is 5.82 Å². The molecule has 92 valence electrons. The predicted octanol–water partition coefficient (Wildman–Crippen LogP) is 0.173. The van der Waals surface area contributed by atoms with Gasteiger partial charge in [-0.3, -0.25) is 9.89 Å². The Labute approximate surface area is 99.1 Å². The van der Waals surface area contributed by atoms with Crippen molar-refractivity contribution in [1.29, 1.82) is 0 Å². The maximum atomic E-state index is 11.9. The van der Waals surface area contributed by atoms with Crippen LogP contribution in [0.15, 0.2) is 0 Å². The number of aromatic nitrogens is 2. The highest BCUT2D eigenvalue weighted by Crippen LogP contribution is 2.21. The standard InChI is InChI=1S/C11H16N4O2/c16-11(9-2-1-5-17-9)13-10-7-6-12-4-3-8(7)14-15-10/h9,12H,1-6H2,(H2,13,14,15,16). The van der Waals surface area contributed by atoms with Crippen molar-refractivity contribution < 1.29 is 9.53 Å². The number of fused-ring (bicyclic) bond motifs is 1. The number of H-pyrrole nitrogens is 1. The van der Waals surface area contributed by atoms with E-state index >= 15 is 0 Å². The quantitative estimate of drug-likeness (QED) is 0.684. The molecular weight excluding hydrogens is 220 g/mol. The van der Waals surface area contributed by atoms with Crippen LogP contribution < -0.4 is 10.6 Å². The van der Waals surface area contributed by atoms with E-state index in [4.69, 9.17) is 4.74 Å². The van der Waals surface area contributed by atoms with Crippen LogP contribution in [0.5, 0.6) is 0 Å². The Balaban J connectivity index is 1.72. The molecule has 1 atom stereocenters. The third kappa shape index (κ3) is 2.05. The zero-order chi connectivity index (χ0) is 11.7. The van der Waals surface area contributed by atoms with Gasteiger partial charge in [-0.25, -0.2) is 0 Å². The van der Waals surface area contributed by atoms with E-state index < -0.39 is 0 Å². The summed E-state index contributed by atoms with van der Waals surface area (Å²) in [5, 5.41) is 13.2. The van der Waals surface area contributed by atoms with Crippen LogP contribution in [0.25, 0.3) is 0 Å². The molecule has 1 unspecified atom stereocenters. The number of nitrogens with one attached hydrogen (secondary N) is 3. The van der Waals surface area contributed by atoms with Gasteiger partial charge in [-0.05, 0) is 12.8 Å². The third-order valence-electron chi connectivity index (χ3n) is 3.27. The maximum Gasteiger partial charge on any atom is 0.254 e. The molecule has 3 heterocycles. The molecular formula is C11H16N4O2. The summed E-state index contributed by atoms with van der Waals surface area (Å²) < 4.78 is 5.34. The average Bonchev–Trinajstić information content (AvgIpc) is 2.98. The van der Waals surface area contributed by atoms with Crippen molar-refractivity contribution in [3.63, 3.8) is 0 Å². The molecule has 6 nitrogen and oxygen atoms in total. The summed E-state index contributed by atoms with van der Waals surface area (Å²) in [6, 6.07) is 0. The Bertz CT molecular complexity index is 423. The van der Waals surface area contributed by atoms with Gasteiger partial charge in [-0.2, -0.15) is 5.10 Å². The smallest absolute Gasteiger partial charge is 0.254 e. The van der Waals surface area contributed by atoms with Crippen molar-refractivity contribution in [2.45, 2.75) is 31.9 Å². The average molecular weight is 236 g/mol. The number of nitrogens with zero attached hydrogens (tertiary/aromatic N) is 1. The fraction of sp³-hybridized carbons (Fsp3) is 0.636. The number of aromatic amines is 1. The van der Waals surface area contributed by atoms with Crippen LogP contribution in [0, 0.1) is 0 Å². The molecule has 0 saturated carbocycles. The molecule has 0 aliphatic carbocycles. The first kappa shape index (κ1) is 10.7. The van der Waals surface area contributed by atoms with Crippen LogP contribution in [0.4, 0.5) is 5.82 Å². The second kappa shape index (κ2) is 4.46. The summed E-state index contributed by atoms with van der Waals surface area (Å²) in [5.41, 5.74) is 2.19. The zero-order valence-electron chi connectivity index (χ0n) is 9.58. The van der Waals surface area contributed by atoms with E-state index in [1.807, 2.05) is 0 Å². The van der Waals surface area contributed by atoms with Crippen molar-refractivity contribution in [3.8, 4) is 0 Å². The van der Waals surface area contributed by atoms with Crippen molar-refractivity contribution in [2.24, 2.45) is 0 Å². The van der Waals surface area contributed by atoms with E-state index in [2.05, 4.69) is 20.8 Å². The van der Waals surface area contributed by atoms with Gasteiger partial charge >= 0.3 is 0 Å². The lowest BCUT2D eigenvalue weighted by molar-refractivity contribution is -0.124. The van der Waals surface area contributed by atoms with Crippen LogP contribution >= 0.6 is 0 Å². The largest absolute Gasteiger partial charge is 0.368 e. The summed E-state index contributed by atoms with van der Waals surface area (Å²) in [7, 11) is 0. The minimum absolute atomic E-state index is 0.0811. The first-order valence-electron chi connectivity index (χ1n) is 6.04. The van der Waals surface area contributed by atoms with Gasteiger partial charge < -0.3 is 15.4 Å². The first-order valence-corrected chi connectivity index (χ1v) is 6.04. The lowest BCUT2D eigenvalue weighted by Crippen LogP contribution is -2.29. The topological polar surface area (TPSA) is 79.0 Å². The SMILES string of the molecule is O=C(Nc1n[nH]c2c1CNCC2)C1CCCO1. The molecule has 1 aromatic heterocycles. The van der Waals surface area contributed by atoms with E-state index in [0.29, 0.717) is 12.4 Å². The predicted molar refractivity (Wildman–Crippen MR) is 61.6 cm³/mol. The molecule has 3 rings (SSSR count). The number of amides is 1. The Morgan fingerprint density at radius 2 is 2.47 bits per heavy atom. The van der Waals surface area contributed by atoms with Crippen LogP contribution in [0.1, 0.15) is 24.1 Å². The van der Waals surface area contributed by atoms with Crippen LogP contribution in [0.3, 0.4) is 0 Å². The molecule has 1 amide bonds. The Morgan fingerprint density at radius 1 is 1.53 bits per heavy atom. The van der Waals surface area contributed by atoms with E-state index in [9.17, 15) is 4.79 Å². The second-order valence-corrected chi connectivity index (χ2v) is 4.45. The van der Waals surface area contributed by atoms with E-state index in [0.717, 1.165) is 43.6 Å². The third-order valence-corrected chi connectivity index (χ3v) is 3.27. The number of anilines is 1. The van der Waals surface area contributed by atoms with Crippen LogP contribution in [-0.2, 0) is 22.5 Å². The van der Waals surface area contributed by atoms with Gasteiger partial charge in [-0.15, -0.1) is 0 Å². The fourth-order valence-electron chi connectivity index (χ4n) is 2.31. The number of hydrogen-bond acceptors (Lipinski definition) is 4. The number of hydrogen-bond donors (Lipinski definition) is 3. The number of rotatable bonds is 2. The van der Waals surface area contributed by atoms with Crippen molar-refractivity contribution in [2.75, 3.05) is 18.5 Å². The van der Waals surface area contributed by atoms with E-state index in [1.165, 1.54) is 0 Å². The first-order chi connectivity index (χ1) is 8.34. The van der Waals surface area contributed by atoms with Gasteiger partial charge in [-0.1, -0.05) is 0 Å². The maximum absolute atomic E-state index is 11.9. The summed E-state index contributed by atoms with van der Waals surface area (Å²) in [6.07, 6.45) is 2.38. The normalized spacial score (nSPS) is 23.4. The monoisotopic (exact) mass is 236 g/mol. The zero-order valence-corrected chi connectivity index (χ0v) is 9.58. The molecule has 1 aromatic rings. The molecule has 0 aromatic carbocycles.